The third-order valence-electron chi connectivity index (χ3n) is 3.42. The lowest BCUT2D eigenvalue weighted by Crippen LogP contribution is -2.53. The van der Waals surface area contributed by atoms with E-state index in [0.29, 0.717) is 4.47 Å². The molecule has 1 heterocycles. The van der Waals surface area contributed by atoms with Gasteiger partial charge in [-0.3, -0.25) is 4.79 Å². The van der Waals surface area contributed by atoms with Crippen LogP contribution in [-0.2, 0) is 24.7 Å². The highest BCUT2D eigenvalue weighted by Crippen LogP contribution is 2.28. The number of rotatable bonds is 4. The molecule has 1 fully saturated rings. The Morgan fingerprint density at radius 3 is 2.31 bits per heavy atom. The number of carbonyl (C=O) groups is 1. The highest BCUT2D eigenvalue weighted by atomic mass is 79.9. The van der Waals surface area contributed by atoms with E-state index in [0.717, 1.165) is 0 Å². The summed E-state index contributed by atoms with van der Waals surface area (Å²) in [6.07, 6.45) is 0. The molecule has 1 saturated heterocycles. The second-order valence-electron chi connectivity index (χ2n) is 5.46. The van der Waals surface area contributed by atoms with Crippen LogP contribution in [0.15, 0.2) is 32.0 Å². The minimum absolute atomic E-state index is 0.0948. The molecule has 1 aliphatic rings. The molecule has 2 atom stereocenters. The van der Waals surface area contributed by atoms with E-state index in [9.17, 15) is 21.6 Å². The summed E-state index contributed by atoms with van der Waals surface area (Å²) in [7, 11) is -7.69. The van der Waals surface area contributed by atoms with Gasteiger partial charge in [0.05, 0.1) is 28.5 Å². The van der Waals surface area contributed by atoms with Crippen LogP contribution in [0.25, 0.3) is 0 Å². The Kier molecular flexibility index (Phi) is 6.99. The molecule has 1 aromatic rings. The van der Waals surface area contributed by atoms with Crippen LogP contribution in [0.5, 0.6) is 0 Å². The van der Waals surface area contributed by atoms with Crippen molar-refractivity contribution in [2.24, 2.45) is 0 Å². The number of halogens is 5. The molecule has 1 aromatic carbocycles. The number of sulfonamides is 1. The van der Waals surface area contributed by atoms with E-state index in [-0.39, 0.29) is 9.37 Å². The van der Waals surface area contributed by atoms with Gasteiger partial charge in [-0.05, 0) is 34.1 Å². The molecular formula is C12H11Br2Cl3N2O5S2. The van der Waals surface area contributed by atoms with Crippen molar-refractivity contribution in [2.45, 2.75) is 20.8 Å². The molecule has 0 aliphatic carbocycles. The lowest BCUT2D eigenvalue weighted by Gasteiger charge is -2.22. The second-order valence-corrected chi connectivity index (χ2v) is 13.3. The van der Waals surface area contributed by atoms with Crippen molar-refractivity contribution in [2.75, 3.05) is 11.5 Å². The van der Waals surface area contributed by atoms with Crippen LogP contribution >= 0.6 is 66.7 Å². The molecule has 14 heteroatoms. The fourth-order valence-electron chi connectivity index (χ4n) is 2.30. The predicted molar refractivity (Wildman–Crippen MR) is 107 cm³/mol. The molecule has 0 radical (unpaired) electrons. The predicted octanol–water partition coefficient (Wildman–Crippen LogP) is 2.14. The Hall–Kier alpha value is 0.380. The maximum atomic E-state index is 12.7. The molecular weight excluding hydrogens is 582 g/mol. The van der Waals surface area contributed by atoms with E-state index < -0.39 is 53.1 Å². The summed E-state index contributed by atoms with van der Waals surface area (Å²) in [5, 5.41) is 2.26. The second kappa shape index (κ2) is 8.02. The first kappa shape index (κ1) is 22.7. The van der Waals surface area contributed by atoms with Crippen molar-refractivity contribution in [3.8, 4) is 0 Å². The van der Waals surface area contributed by atoms with E-state index in [2.05, 4.69) is 41.9 Å². The zero-order chi connectivity index (χ0) is 19.9. The molecule has 0 saturated carbocycles. The zero-order valence-electron chi connectivity index (χ0n) is 12.5. The standard InChI is InChI=1S/C12H11Br2Cl3N2O5S2/c13-6-1-2-7(14)10(3-6)26(23,24)19-9-5-25(21,22)4-8(9)18-11(20)12(15,16)17/h1-3,8-9,19H,4-5H2,(H,18,20)/t8-,9+/m1/s1. The Morgan fingerprint density at radius 1 is 1.15 bits per heavy atom. The molecule has 0 aromatic heterocycles. The van der Waals surface area contributed by atoms with Crippen LogP contribution < -0.4 is 10.0 Å². The third-order valence-corrected chi connectivity index (χ3v) is 8.64. The van der Waals surface area contributed by atoms with Crippen LogP contribution in [0.1, 0.15) is 0 Å². The minimum Gasteiger partial charge on any atom is -0.347 e. The Labute approximate surface area is 182 Å². The van der Waals surface area contributed by atoms with Gasteiger partial charge in [-0.1, -0.05) is 50.7 Å². The first-order valence-electron chi connectivity index (χ1n) is 6.77. The molecule has 1 aliphatic heterocycles. The van der Waals surface area contributed by atoms with Gasteiger partial charge in [-0.25, -0.2) is 21.6 Å². The van der Waals surface area contributed by atoms with Gasteiger partial charge in [-0.15, -0.1) is 0 Å². The maximum Gasteiger partial charge on any atom is 0.272 e. The number of carbonyl (C=O) groups excluding carboxylic acids is 1. The molecule has 7 nitrogen and oxygen atoms in total. The number of nitrogens with one attached hydrogen (secondary N) is 2. The largest absolute Gasteiger partial charge is 0.347 e. The van der Waals surface area contributed by atoms with Crippen LogP contribution in [0.4, 0.5) is 0 Å². The molecule has 0 spiro atoms. The van der Waals surface area contributed by atoms with Crippen LogP contribution in [0.2, 0.25) is 0 Å². The number of alkyl halides is 3. The Bertz CT molecular complexity index is 935. The molecule has 0 bridgehead atoms. The first-order chi connectivity index (χ1) is 11.7. The summed E-state index contributed by atoms with van der Waals surface area (Å²) in [5.74, 6) is -2.02. The van der Waals surface area contributed by atoms with E-state index in [1.54, 1.807) is 6.07 Å². The smallest absolute Gasteiger partial charge is 0.272 e. The molecule has 2 N–H and O–H groups in total. The molecule has 1 amide bonds. The van der Waals surface area contributed by atoms with Gasteiger partial charge in [0.15, 0.2) is 9.84 Å². The van der Waals surface area contributed by atoms with E-state index in [1.165, 1.54) is 12.1 Å². The molecule has 146 valence electrons. The van der Waals surface area contributed by atoms with Crippen LogP contribution in [-0.4, -0.2) is 50.1 Å². The van der Waals surface area contributed by atoms with Crippen LogP contribution in [0, 0.1) is 0 Å². The number of sulfone groups is 1. The van der Waals surface area contributed by atoms with Gasteiger partial charge in [0, 0.05) is 8.95 Å². The molecule has 0 unspecified atom stereocenters. The summed E-state index contributed by atoms with van der Waals surface area (Å²) >= 11 is 22.7. The lowest BCUT2D eigenvalue weighted by molar-refractivity contribution is -0.120. The highest BCUT2D eigenvalue weighted by Gasteiger charge is 2.43. The average molecular weight is 594 g/mol. The van der Waals surface area contributed by atoms with Crippen molar-refractivity contribution in [1.82, 2.24) is 10.0 Å². The van der Waals surface area contributed by atoms with Crippen molar-refractivity contribution in [3.05, 3.63) is 27.1 Å². The topological polar surface area (TPSA) is 109 Å². The van der Waals surface area contributed by atoms with Gasteiger partial charge in [-0.2, -0.15) is 0 Å². The fourth-order valence-corrected chi connectivity index (χ4v) is 7.21. The number of hydrogen-bond acceptors (Lipinski definition) is 5. The quantitative estimate of drug-likeness (QED) is 0.521. The number of benzene rings is 1. The van der Waals surface area contributed by atoms with Crippen molar-refractivity contribution >= 4 is 92.4 Å². The van der Waals surface area contributed by atoms with E-state index >= 15 is 0 Å². The van der Waals surface area contributed by atoms with Gasteiger partial charge in [0.25, 0.3) is 9.70 Å². The van der Waals surface area contributed by atoms with Gasteiger partial charge < -0.3 is 5.32 Å². The van der Waals surface area contributed by atoms with Gasteiger partial charge >= 0.3 is 0 Å². The number of hydrogen-bond donors (Lipinski definition) is 2. The van der Waals surface area contributed by atoms with Crippen molar-refractivity contribution in [1.29, 1.82) is 0 Å². The molecule has 2 rings (SSSR count). The van der Waals surface area contributed by atoms with E-state index in [1.807, 2.05) is 0 Å². The normalized spacial score (nSPS) is 23.0. The van der Waals surface area contributed by atoms with Gasteiger partial charge in [0.2, 0.25) is 10.0 Å². The monoisotopic (exact) mass is 590 g/mol. The summed E-state index contributed by atoms with van der Waals surface area (Å²) in [5.41, 5.74) is 0. The first-order valence-corrected chi connectivity index (χ1v) is 12.8. The van der Waals surface area contributed by atoms with Crippen LogP contribution in [0.3, 0.4) is 0 Å². The summed E-state index contributed by atoms with van der Waals surface area (Å²) in [4.78, 5) is 11.7. The SMILES string of the molecule is O=C(N[C@@H]1CS(=O)(=O)C[C@@H]1NS(=O)(=O)c1cc(Br)ccc1Br)C(Cl)(Cl)Cl. The Balaban J connectivity index is 2.30. The summed E-state index contributed by atoms with van der Waals surface area (Å²) < 4.78 is 50.0. The lowest BCUT2D eigenvalue weighted by atomic mass is 10.2. The summed E-state index contributed by atoms with van der Waals surface area (Å²) in [6.45, 7) is 0. The molecule has 26 heavy (non-hydrogen) atoms. The third kappa shape index (κ3) is 5.69. The Morgan fingerprint density at radius 2 is 1.73 bits per heavy atom. The minimum atomic E-state index is -4.09. The van der Waals surface area contributed by atoms with Crippen molar-refractivity contribution < 1.29 is 21.6 Å². The summed E-state index contributed by atoms with van der Waals surface area (Å²) in [6, 6.07) is 2.31. The fraction of sp³-hybridized carbons (Fsp3) is 0.417. The van der Waals surface area contributed by atoms with E-state index in [4.69, 9.17) is 34.8 Å². The average Bonchev–Trinajstić information content (AvgIpc) is 2.73. The number of amides is 1. The van der Waals surface area contributed by atoms with Crippen molar-refractivity contribution in [3.63, 3.8) is 0 Å². The highest BCUT2D eigenvalue weighted by molar-refractivity contribution is 9.11. The van der Waals surface area contributed by atoms with Gasteiger partial charge in [0.1, 0.15) is 0 Å². The maximum absolute atomic E-state index is 12.7. The zero-order valence-corrected chi connectivity index (χ0v) is 19.6.